The molecule has 2 rings (SSSR count). The second-order valence-electron chi connectivity index (χ2n) is 5.32. The Morgan fingerprint density at radius 3 is 2.57 bits per heavy atom. The molecule has 0 radical (unpaired) electrons. The van der Waals surface area contributed by atoms with Crippen LogP contribution in [0.15, 0.2) is 48.5 Å². The summed E-state index contributed by atoms with van der Waals surface area (Å²) in [6, 6.07) is 15.6. The van der Waals surface area contributed by atoms with Crippen LogP contribution >= 0.6 is 35.4 Å². The van der Waals surface area contributed by atoms with Crippen LogP contribution in [0.1, 0.15) is 25.3 Å². The largest absolute Gasteiger partial charge is 0.345 e. The molecule has 122 valence electrons. The lowest BCUT2D eigenvalue weighted by atomic mass is 10.2. The fraction of sp³-hybridized carbons (Fsp3) is 0.278. The molecule has 0 atom stereocenters. The van der Waals surface area contributed by atoms with Gasteiger partial charge in [0.1, 0.15) is 0 Å². The molecule has 0 fully saturated rings. The minimum atomic E-state index is 0.604. The summed E-state index contributed by atoms with van der Waals surface area (Å²) in [7, 11) is 0. The van der Waals surface area contributed by atoms with Crippen LogP contribution in [-0.4, -0.2) is 16.6 Å². The molecule has 23 heavy (non-hydrogen) atoms. The summed E-state index contributed by atoms with van der Waals surface area (Å²) in [6.45, 7) is 3.84. The lowest BCUT2D eigenvalue weighted by Gasteiger charge is -2.26. The van der Waals surface area contributed by atoms with Crippen LogP contribution in [0.4, 0.5) is 5.69 Å². The summed E-state index contributed by atoms with van der Waals surface area (Å²) in [6.07, 6.45) is 2.20. The second-order valence-corrected chi connectivity index (χ2v) is 6.55. The quantitative estimate of drug-likeness (QED) is 0.631. The zero-order chi connectivity index (χ0) is 16.7. The Labute approximate surface area is 153 Å². The van der Waals surface area contributed by atoms with Crippen molar-refractivity contribution in [1.29, 1.82) is 0 Å². The highest BCUT2D eigenvalue weighted by Gasteiger charge is 2.12. The number of hydrogen-bond acceptors (Lipinski definition) is 1. The Balaban J connectivity index is 2.11. The number of hydrogen-bond donors (Lipinski definition) is 1. The molecule has 2 aromatic rings. The van der Waals surface area contributed by atoms with Crippen LogP contribution in [0.3, 0.4) is 0 Å². The molecule has 0 unspecified atom stereocenters. The van der Waals surface area contributed by atoms with E-state index in [2.05, 4.69) is 29.3 Å². The van der Waals surface area contributed by atoms with Gasteiger partial charge in [-0.3, -0.25) is 0 Å². The highest BCUT2D eigenvalue weighted by Crippen LogP contribution is 2.26. The van der Waals surface area contributed by atoms with Gasteiger partial charge in [0.25, 0.3) is 0 Å². The van der Waals surface area contributed by atoms with Crippen molar-refractivity contribution >= 4 is 46.2 Å². The van der Waals surface area contributed by atoms with Gasteiger partial charge in [-0.05, 0) is 42.4 Å². The average Bonchev–Trinajstić information content (AvgIpc) is 2.55. The monoisotopic (exact) mass is 366 g/mol. The Kier molecular flexibility index (Phi) is 7.15. The van der Waals surface area contributed by atoms with Gasteiger partial charge in [-0.15, -0.1) is 0 Å². The first-order chi connectivity index (χ1) is 11.1. The molecule has 5 heteroatoms. The van der Waals surface area contributed by atoms with E-state index >= 15 is 0 Å². The lowest BCUT2D eigenvalue weighted by Crippen LogP contribution is -2.35. The number of nitrogens with zero attached hydrogens (tertiary/aromatic N) is 1. The molecule has 0 aliphatic rings. The summed E-state index contributed by atoms with van der Waals surface area (Å²) < 4.78 is 0. The minimum Gasteiger partial charge on any atom is -0.345 e. The molecule has 0 heterocycles. The molecule has 0 bridgehead atoms. The number of unbranched alkanes of at least 4 members (excludes halogenated alkanes) is 1. The van der Waals surface area contributed by atoms with E-state index in [1.165, 1.54) is 5.56 Å². The molecule has 2 nitrogen and oxygen atoms in total. The second kappa shape index (κ2) is 9.11. The summed E-state index contributed by atoms with van der Waals surface area (Å²) in [5.74, 6) is 0. The SMILES string of the molecule is CCCCN(Cc1ccccc1)C(=S)Nc1cc(Cl)ccc1Cl. The Morgan fingerprint density at radius 1 is 1.13 bits per heavy atom. The van der Waals surface area contributed by atoms with E-state index in [0.717, 1.165) is 31.6 Å². The van der Waals surface area contributed by atoms with Gasteiger partial charge in [-0.25, -0.2) is 0 Å². The van der Waals surface area contributed by atoms with Crippen molar-refractivity contribution in [2.75, 3.05) is 11.9 Å². The number of anilines is 1. The molecular weight excluding hydrogens is 347 g/mol. The van der Waals surface area contributed by atoms with Crippen LogP contribution in [0.2, 0.25) is 10.0 Å². The maximum atomic E-state index is 6.21. The van der Waals surface area contributed by atoms with Crippen LogP contribution in [0, 0.1) is 0 Å². The van der Waals surface area contributed by atoms with Gasteiger partial charge in [0.2, 0.25) is 0 Å². The van der Waals surface area contributed by atoms with Crippen molar-refractivity contribution in [3.63, 3.8) is 0 Å². The normalized spacial score (nSPS) is 10.4. The number of thiocarbonyl (C=S) groups is 1. The molecule has 0 aromatic heterocycles. The summed E-state index contributed by atoms with van der Waals surface area (Å²) in [5, 5.41) is 5.11. The maximum Gasteiger partial charge on any atom is 0.173 e. The first-order valence-electron chi connectivity index (χ1n) is 7.65. The van der Waals surface area contributed by atoms with Crippen molar-refractivity contribution < 1.29 is 0 Å². The topological polar surface area (TPSA) is 15.3 Å². The highest BCUT2D eigenvalue weighted by atomic mass is 35.5. The summed E-state index contributed by atoms with van der Waals surface area (Å²) in [5.41, 5.74) is 1.96. The number of rotatable bonds is 6. The van der Waals surface area contributed by atoms with Crippen LogP contribution in [-0.2, 0) is 6.54 Å². The molecule has 0 aliphatic carbocycles. The smallest absolute Gasteiger partial charge is 0.173 e. The first kappa shape index (κ1) is 18.1. The van der Waals surface area contributed by atoms with Gasteiger partial charge in [0.05, 0.1) is 10.7 Å². The van der Waals surface area contributed by atoms with E-state index in [0.29, 0.717) is 15.2 Å². The minimum absolute atomic E-state index is 0.604. The molecule has 1 N–H and O–H groups in total. The third-order valence-electron chi connectivity index (χ3n) is 3.46. The molecular formula is C18H20Cl2N2S. The molecule has 0 spiro atoms. The Bertz CT molecular complexity index is 647. The average molecular weight is 367 g/mol. The van der Waals surface area contributed by atoms with E-state index in [9.17, 15) is 0 Å². The maximum absolute atomic E-state index is 6.21. The van der Waals surface area contributed by atoms with Gasteiger partial charge in [-0.1, -0.05) is 66.9 Å². The van der Waals surface area contributed by atoms with E-state index < -0.39 is 0 Å². The number of nitrogens with one attached hydrogen (secondary N) is 1. The predicted molar refractivity (Wildman–Crippen MR) is 104 cm³/mol. The lowest BCUT2D eigenvalue weighted by molar-refractivity contribution is 0.408. The fourth-order valence-corrected chi connectivity index (χ4v) is 2.80. The molecule has 0 amide bonds. The van der Waals surface area contributed by atoms with Crippen molar-refractivity contribution in [2.24, 2.45) is 0 Å². The zero-order valence-corrected chi connectivity index (χ0v) is 15.4. The zero-order valence-electron chi connectivity index (χ0n) is 13.1. The third-order valence-corrected chi connectivity index (χ3v) is 4.38. The molecule has 0 aliphatic heterocycles. The summed E-state index contributed by atoms with van der Waals surface area (Å²) >= 11 is 17.8. The molecule has 0 saturated heterocycles. The third kappa shape index (κ3) is 5.69. The van der Waals surface area contributed by atoms with Gasteiger partial charge in [0.15, 0.2) is 5.11 Å². The first-order valence-corrected chi connectivity index (χ1v) is 8.81. The highest BCUT2D eigenvalue weighted by molar-refractivity contribution is 7.80. The number of benzene rings is 2. The van der Waals surface area contributed by atoms with Crippen molar-refractivity contribution in [3.05, 3.63) is 64.1 Å². The van der Waals surface area contributed by atoms with Gasteiger partial charge in [-0.2, -0.15) is 0 Å². The van der Waals surface area contributed by atoms with Crippen molar-refractivity contribution in [1.82, 2.24) is 4.90 Å². The van der Waals surface area contributed by atoms with Gasteiger partial charge in [0, 0.05) is 18.1 Å². The Hall–Kier alpha value is -1.29. The van der Waals surface area contributed by atoms with E-state index in [1.807, 2.05) is 18.2 Å². The van der Waals surface area contributed by atoms with Crippen LogP contribution in [0.5, 0.6) is 0 Å². The Morgan fingerprint density at radius 2 is 1.87 bits per heavy atom. The van der Waals surface area contributed by atoms with E-state index in [1.54, 1.807) is 18.2 Å². The predicted octanol–water partition coefficient (Wildman–Crippen LogP) is 5.99. The standard InChI is InChI=1S/C18H20Cl2N2S/c1-2-3-11-22(13-14-7-5-4-6-8-14)18(23)21-17-12-15(19)9-10-16(17)20/h4-10,12H,2-3,11,13H2,1H3,(H,21,23). The number of halogens is 2. The molecule has 2 aromatic carbocycles. The van der Waals surface area contributed by atoms with Crippen molar-refractivity contribution in [2.45, 2.75) is 26.3 Å². The van der Waals surface area contributed by atoms with Crippen LogP contribution in [0.25, 0.3) is 0 Å². The van der Waals surface area contributed by atoms with E-state index in [4.69, 9.17) is 35.4 Å². The fourth-order valence-electron chi connectivity index (χ4n) is 2.19. The van der Waals surface area contributed by atoms with Crippen molar-refractivity contribution in [3.8, 4) is 0 Å². The molecule has 0 saturated carbocycles. The van der Waals surface area contributed by atoms with E-state index in [-0.39, 0.29) is 0 Å². The van der Waals surface area contributed by atoms with Gasteiger partial charge >= 0.3 is 0 Å². The van der Waals surface area contributed by atoms with Gasteiger partial charge < -0.3 is 10.2 Å². The summed E-state index contributed by atoms with van der Waals surface area (Å²) in [4.78, 5) is 2.16. The van der Waals surface area contributed by atoms with Crippen LogP contribution < -0.4 is 5.32 Å².